The second kappa shape index (κ2) is 2.97. The van der Waals surface area contributed by atoms with E-state index in [2.05, 4.69) is 0 Å². The van der Waals surface area contributed by atoms with Gasteiger partial charge in [0.1, 0.15) is 0 Å². The standard InChI is InChI=1S/C14H15NO2/c1-8-4-6-10(7-5-8)14-9(2)11(14)12(16)15(3)13(14)17/h4-7,9,11H,1-3H3. The van der Waals surface area contributed by atoms with Crippen LogP contribution in [0, 0.1) is 18.8 Å². The molecule has 3 rings (SSSR count). The molecule has 3 nitrogen and oxygen atoms in total. The minimum Gasteiger partial charge on any atom is -0.285 e. The van der Waals surface area contributed by atoms with Crippen LogP contribution in [0.4, 0.5) is 0 Å². The average Bonchev–Trinajstić information content (AvgIpc) is 2.87. The van der Waals surface area contributed by atoms with Gasteiger partial charge in [-0.3, -0.25) is 14.5 Å². The molecule has 1 heterocycles. The Morgan fingerprint density at radius 3 is 2.29 bits per heavy atom. The summed E-state index contributed by atoms with van der Waals surface area (Å²) in [6.07, 6.45) is 0. The van der Waals surface area contributed by atoms with Gasteiger partial charge in [-0.2, -0.15) is 0 Å². The van der Waals surface area contributed by atoms with Crippen molar-refractivity contribution in [2.75, 3.05) is 7.05 Å². The smallest absolute Gasteiger partial charge is 0.240 e. The Morgan fingerprint density at radius 1 is 1.18 bits per heavy atom. The summed E-state index contributed by atoms with van der Waals surface area (Å²) in [6.45, 7) is 4.01. The maximum absolute atomic E-state index is 12.3. The third-order valence-electron chi connectivity index (χ3n) is 4.38. The Kier molecular flexibility index (Phi) is 1.84. The lowest BCUT2D eigenvalue weighted by molar-refractivity contribution is -0.140. The van der Waals surface area contributed by atoms with Crippen molar-refractivity contribution in [3.63, 3.8) is 0 Å². The molecule has 2 amide bonds. The van der Waals surface area contributed by atoms with Crippen molar-refractivity contribution >= 4 is 11.8 Å². The number of likely N-dealkylation sites (tertiary alicyclic amines) is 1. The second-order valence-corrected chi connectivity index (χ2v) is 5.20. The summed E-state index contributed by atoms with van der Waals surface area (Å²) in [6, 6.07) is 7.97. The van der Waals surface area contributed by atoms with Gasteiger partial charge in [-0.05, 0) is 18.4 Å². The van der Waals surface area contributed by atoms with Gasteiger partial charge in [-0.25, -0.2) is 0 Å². The minimum absolute atomic E-state index is 0.0249. The molecule has 1 aliphatic heterocycles. The van der Waals surface area contributed by atoms with Crippen LogP contribution >= 0.6 is 0 Å². The number of likely N-dealkylation sites (N-methyl/N-ethyl adjacent to an activating group) is 1. The quantitative estimate of drug-likeness (QED) is 0.684. The fourth-order valence-electron chi connectivity index (χ4n) is 3.28. The Balaban J connectivity index is 2.11. The van der Waals surface area contributed by atoms with Crippen LogP contribution in [0.2, 0.25) is 0 Å². The zero-order valence-electron chi connectivity index (χ0n) is 10.2. The zero-order chi connectivity index (χ0) is 12.4. The molecule has 0 N–H and O–H groups in total. The molecular formula is C14H15NO2. The van der Waals surface area contributed by atoms with Crippen molar-refractivity contribution in [1.82, 2.24) is 4.90 Å². The molecule has 1 aromatic carbocycles. The van der Waals surface area contributed by atoms with Crippen LogP contribution < -0.4 is 0 Å². The van der Waals surface area contributed by atoms with Crippen LogP contribution in [-0.4, -0.2) is 23.8 Å². The fraction of sp³-hybridized carbons (Fsp3) is 0.429. The molecule has 2 aliphatic rings. The van der Waals surface area contributed by atoms with E-state index >= 15 is 0 Å². The van der Waals surface area contributed by atoms with E-state index in [0.717, 1.165) is 5.56 Å². The Hall–Kier alpha value is -1.64. The minimum atomic E-state index is -0.556. The molecule has 0 aromatic heterocycles. The van der Waals surface area contributed by atoms with Crippen LogP contribution in [0.5, 0.6) is 0 Å². The summed E-state index contributed by atoms with van der Waals surface area (Å²) in [5.41, 5.74) is 1.60. The van der Waals surface area contributed by atoms with Crippen LogP contribution in [0.25, 0.3) is 0 Å². The Labute approximate surface area is 100 Å². The van der Waals surface area contributed by atoms with Crippen molar-refractivity contribution < 1.29 is 9.59 Å². The Morgan fingerprint density at radius 2 is 1.76 bits per heavy atom. The van der Waals surface area contributed by atoms with E-state index in [0.29, 0.717) is 0 Å². The van der Waals surface area contributed by atoms with Gasteiger partial charge in [0.05, 0.1) is 11.3 Å². The predicted octanol–water partition coefficient (Wildman–Crippen LogP) is 1.50. The summed E-state index contributed by atoms with van der Waals surface area (Å²) in [7, 11) is 1.58. The lowest BCUT2D eigenvalue weighted by Crippen LogP contribution is -2.34. The summed E-state index contributed by atoms with van der Waals surface area (Å²) >= 11 is 0. The lowest BCUT2D eigenvalue weighted by Gasteiger charge is -2.17. The predicted molar refractivity (Wildman–Crippen MR) is 63.3 cm³/mol. The van der Waals surface area contributed by atoms with Crippen molar-refractivity contribution in [3.05, 3.63) is 35.4 Å². The fourth-order valence-corrected chi connectivity index (χ4v) is 3.28. The highest BCUT2D eigenvalue weighted by Crippen LogP contribution is 2.64. The number of hydrogen-bond donors (Lipinski definition) is 0. The van der Waals surface area contributed by atoms with Gasteiger partial charge in [-0.1, -0.05) is 36.8 Å². The third kappa shape index (κ3) is 1.02. The SMILES string of the molecule is Cc1ccc(C23C(=O)N(C)C(=O)C2C3C)cc1. The highest BCUT2D eigenvalue weighted by molar-refractivity contribution is 6.15. The van der Waals surface area contributed by atoms with Crippen molar-refractivity contribution in [2.45, 2.75) is 19.3 Å². The van der Waals surface area contributed by atoms with E-state index in [9.17, 15) is 9.59 Å². The molecule has 0 bridgehead atoms. The topological polar surface area (TPSA) is 37.4 Å². The molecule has 3 unspecified atom stereocenters. The summed E-state index contributed by atoms with van der Waals surface area (Å²) < 4.78 is 0. The van der Waals surface area contributed by atoms with Gasteiger partial charge in [-0.15, -0.1) is 0 Å². The molecule has 0 spiro atoms. The zero-order valence-corrected chi connectivity index (χ0v) is 10.2. The molecule has 17 heavy (non-hydrogen) atoms. The second-order valence-electron chi connectivity index (χ2n) is 5.20. The van der Waals surface area contributed by atoms with Gasteiger partial charge >= 0.3 is 0 Å². The number of amides is 2. The Bertz CT molecular complexity index is 520. The van der Waals surface area contributed by atoms with Gasteiger partial charge in [0.15, 0.2) is 0 Å². The maximum Gasteiger partial charge on any atom is 0.240 e. The summed E-state index contributed by atoms with van der Waals surface area (Å²) in [5.74, 6) is -0.0592. The third-order valence-corrected chi connectivity index (χ3v) is 4.38. The monoisotopic (exact) mass is 229 g/mol. The highest BCUT2D eigenvalue weighted by Gasteiger charge is 2.77. The van der Waals surface area contributed by atoms with E-state index in [-0.39, 0.29) is 23.7 Å². The molecule has 2 fully saturated rings. The highest BCUT2D eigenvalue weighted by atomic mass is 16.2. The van der Waals surface area contributed by atoms with Crippen molar-refractivity contribution in [1.29, 1.82) is 0 Å². The number of benzene rings is 1. The van der Waals surface area contributed by atoms with Gasteiger partial charge in [0.2, 0.25) is 11.8 Å². The maximum atomic E-state index is 12.3. The van der Waals surface area contributed by atoms with E-state index in [1.54, 1.807) is 7.05 Å². The first-order chi connectivity index (χ1) is 8.01. The van der Waals surface area contributed by atoms with Gasteiger partial charge in [0.25, 0.3) is 0 Å². The normalized spacial score (nSPS) is 35.1. The van der Waals surface area contributed by atoms with Gasteiger partial charge < -0.3 is 0 Å². The molecule has 1 aliphatic carbocycles. The first-order valence-electron chi connectivity index (χ1n) is 5.90. The largest absolute Gasteiger partial charge is 0.285 e. The summed E-state index contributed by atoms with van der Waals surface area (Å²) in [5, 5.41) is 0. The number of aryl methyl sites for hydroxylation is 1. The average molecular weight is 229 g/mol. The number of piperidine rings is 1. The molecule has 3 atom stereocenters. The van der Waals surface area contributed by atoms with Crippen LogP contribution in [0.1, 0.15) is 18.1 Å². The van der Waals surface area contributed by atoms with E-state index < -0.39 is 5.41 Å². The molecule has 0 radical (unpaired) electrons. The summed E-state index contributed by atoms with van der Waals surface area (Å²) in [4.78, 5) is 25.5. The molecule has 1 aromatic rings. The molecule has 1 saturated heterocycles. The number of nitrogens with zero attached hydrogens (tertiary/aromatic N) is 1. The first-order valence-corrected chi connectivity index (χ1v) is 5.90. The van der Waals surface area contributed by atoms with Crippen LogP contribution in [0.15, 0.2) is 24.3 Å². The number of rotatable bonds is 1. The van der Waals surface area contributed by atoms with Crippen LogP contribution in [0.3, 0.4) is 0 Å². The van der Waals surface area contributed by atoms with Crippen molar-refractivity contribution in [2.24, 2.45) is 11.8 Å². The van der Waals surface area contributed by atoms with Crippen LogP contribution in [-0.2, 0) is 15.0 Å². The van der Waals surface area contributed by atoms with E-state index in [4.69, 9.17) is 0 Å². The van der Waals surface area contributed by atoms with Gasteiger partial charge in [0, 0.05) is 7.05 Å². The number of hydrogen-bond acceptors (Lipinski definition) is 2. The molecular weight excluding hydrogens is 214 g/mol. The number of imide groups is 1. The van der Waals surface area contributed by atoms with E-state index in [1.807, 2.05) is 38.1 Å². The number of carbonyl (C=O) groups excluding carboxylic acids is 2. The first kappa shape index (κ1) is 10.5. The number of fused-ring (bicyclic) bond motifs is 1. The molecule has 3 heteroatoms. The van der Waals surface area contributed by atoms with Crippen molar-refractivity contribution in [3.8, 4) is 0 Å². The molecule has 1 saturated carbocycles. The van der Waals surface area contributed by atoms with E-state index in [1.165, 1.54) is 10.5 Å². The lowest BCUT2D eigenvalue weighted by atomic mass is 9.91. The molecule has 88 valence electrons. The number of carbonyl (C=O) groups is 2.